The first kappa shape index (κ1) is 12.3. The Morgan fingerprint density at radius 1 is 1.37 bits per heavy atom. The van der Waals surface area contributed by atoms with Crippen molar-refractivity contribution in [1.82, 2.24) is 0 Å². The van der Waals surface area contributed by atoms with E-state index in [1.54, 1.807) is 0 Å². The van der Waals surface area contributed by atoms with Gasteiger partial charge in [-0.25, -0.2) is 0 Å². The van der Waals surface area contributed by atoms with Gasteiger partial charge in [0.1, 0.15) is 6.07 Å². The number of thiophene rings is 1. The molecule has 19 heavy (non-hydrogen) atoms. The van der Waals surface area contributed by atoms with E-state index in [4.69, 9.17) is 0 Å². The predicted octanol–water partition coefficient (Wildman–Crippen LogP) is 4.42. The van der Waals surface area contributed by atoms with Gasteiger partial charge in [0.25, 0.3) is 0 Å². The van der Waals surface area contributed by atoms with E-state index in [1.807, 2.05) is 36.5 Å². The molecule has 0 bridgehead atoms. The Morgan fingerprint density at radius 2 is 2.26 bits per heavy atom. The van der Waals surface area contributed by atoms with Crippen LogP contribution < -0.4 is 5.32 Å². The number of hydrogen-bond acceptors (Lipinski definition) is 3. The van der Waals surface area contributed by atoms with Gasteiger partial charge in [0, 0.05) is 4.88 Å². The number of nitrogens with zero attached hydrogens (tertiary/aromatic N) is 1. The van der Waals surface area contributed by atoms with Gasteiger partial charge in [0.15, 0.2) is 0 Å². The van der Waals surface area contributed by atoms with Crippen LogP contribution in [0.25, 0.3) is 0 Å². The molecule has 1 atom stereocenters. The fraction of sp³-hybridized carbons (Fsp3) is 0.312. The van der Waals surface area contributed by atoms with Crippen LogP contribution in [0.1, 0.15) is 40.5 Å². The van der Waals surface area contributed by atoms with Crippen molar-refractivity contribution >= 4 is 17.0 Å². The second-order valence-corrected chi connectivity index (χ2v) is 6.00. The van der Waals surface area contributed by atoms with Gasteiger partial charge in [-0.2, -0.15) is 5.26 Å². The summed E-state index contributed by atoms with van der Waals surface area (Å²) < 4.78 is 0. The van der Waals surface area contributed by atoms with Crippen LogP contribution in [0.4, 0.5) is 5.69 Å². The predicted molar refractivity (Wildman–Crippen MR) is 79.5 cm³/mol. The summed E-state index contributed by atoms with van der Waals surface area (Å²) in [5, 5.41) is 15.0. The van der Waals surface area contributed by atoms with E-state index in [-0.39, 0.29) is 0 Å². The summed E-state index contributed by atoms with van der Waals surface area (Å²) in [5.74, 6) is 0. The first-order valence-corrected chi connectivity index (χ1v) is 7.50. The molecule has 0 saturated carbocycles. The van der Waals surface area contributed by atoms with Crippen LogP contribution in [-0.2, 0) is 6.42 Å². The van der Waals surface area contributed by atoms with E-state index in [2.05, 4.69) is 22.8 Å². The summed E-state index contributed by atoms with van der Waals surface area (Å²) in [6, 6.07) is 10.9. The highest BCUT2D eigenvalue weighted by molar-refractivity contribution is 7.10. The first-order valence-electron chi connectivity index (χ1n) is 6.62. The van der Waals surface area contributed by atoms with E-state index >= 15 is 0 Å². The zero-order valence-corrected chi connectivity index (χ0v) is 11.8. The van der Waals surface area contributed by atoms with Gasteiger partial charge < -0.3 is 5.32 Å². The molecule has 0 saturated heterocycles. The van der Waals surface area contributed by atoms with Crippen molar-refractivity contribution < 1.29 is 0 Å². The van der Waals surface area contributed by atoms with Crippen molar-refractivity contribution in [2.24, 2.45) is 0 Å². The summed E-state index contributed by atoms with van der Waals surface area (Å²) in [5.41, 5.74) is 4.19. The molecule has 0 amide bonds. The standard InChI is InChI=1S/C16H16N2S/c1-11-4-2-5-15(13(11)10-17)18-14-6-3-7-16-12(14)8-9-19-16/h2,4-5,8-9,14,18H,3,6-7H2,1H3. The molecule has 3 rings (SSSR count). The van der Waals surface area contributed by atoms with E-state index < -0.39 is 0 Å². The van der Waals surface area contributed by atoms with Crippen LogP contribution in [0.15, 0.2) is 29.6 Å². The quantitative estimate of drug-likeness (QED) is 0.875. The third-order valence-electron chi connectivity index (χ3n) is 3.77. The third-order valence-corrected chi connectivity index (χ3v) is 4.76. The number of aryl methyl sites for hydroxylation is 2. The number of rotatable bonds is 2. The fourth-order valence-corrected chi connectivity index (χ4v) is 3.75. The molecule has 1 unspecified atom stereocenters. The molecule has 96 valence electrons. The lowest BCUT2D eigenvalue weighted by molar-refractivity contribution is 0.608. The molecular weight excluding hydrogens is 252 g/mol. The molecular formula is C16H16N2S. The van der Waals surface area contributed by atoms with E-state index in [1.165, 1.54) is 23.3 Å². The molecule has 1 aromatic carbocycles. The van der Waals surface area contributed by atoms with Crippen LogP contribution in [0, 0.1) is 18.3 Å². The molecule has 1 heterocycles. The van der Waals surface area contributed by atoms with Gasteiger partial charge in [0.2, 0.25) is 0 Å². The Morgan fingerprint density at radius 3 is 3.11 bits per heavy atom. The topological polar surface area (TPSA) is 35.8 Å². The minimum Gasteiger partial charge on any atom is -0.377 e. The fourth-order valence-electron chi connectivity index (χ4n) is 2.76. The third kappa shape index (κ3) is 2.24. The molecule has 0 spiro atoms. The Labute approximate surface area is 117 Å². The highest BCUT2D eigenvalue weighted by Crippen LogP contribution is 2.36. The normalized spacial score (nSPS) is 17.6. The zero-order valence-electron chi connectivity index (χ0n) is 10.9. The molecule has 1 aliphatic rings. The second kappa shape index (κ2) is 5.07. The van der Waals surface area contributed by atoms with Crippen LogP contribution >= 0.6 is 11.3 Å². The highest BCUT2D eigenvalue weighted by atomic mass is 32.1. The molecule has 1 N–H and O–H groups in total. The van der Waals surface area contributed by atoms with Gasteiger partial charge in [-0.1, -0.05) is 12.1 Å². The van der Waals surface area contributed by atoms with E-state index in [9.17, 15) is 5.26 Å². The van der Waals surface area contributed by atoms with E-state index in [0.29, 0.717) is 6.04 Å². The van der Waals surface area contributed by atoms with Crippen LogP contribution in [-0.4, -0.2) is 0 Å². The van der Waals surface area contributed by atoms with Crippen molar-refractivity contribution in [3.8, 4) is 6.07 Å². The summed E-state index contributed by atoms with van der Waals surface area (Å²) in [6.45, 7) is 1.99. The van der Waals surface area contributed by atoms with Crippen LogP contribution in [0.3, 0.4) is 0 Å². The lowest BCUT2D eigenvalue weighted by Gasteiger charge is -2.25. The zero-order chi connectivity index (χ0) is 13.2. The average Bonchev–Trinajstić information content (AvgIpc) is 2.88. The summed E-state index contributed by atoms with van der Waals surface area (Å²) >= 11 is 1.85. The van der Waals surface area contributed by atoms with Gasteiger partial charge >= 0.3 is 0 Å². The maximum atomic E-state index is 9.30. The maximum absolute atomic E-state index is 9.30. The van der Waals surface area contributed by atoms with Gasteiger partial charge in [-0.05, 0) is 54.8 Å². The lowest BCUT2D eigenvalue weighted by atomic mass is 9.93. The van der Waals surface area contributed by atoms with Crippen molar-refractivity contribution in [1.29, 1.82) is 5.26 Å². The Hall–Kier alpha value is -1.79. The summed E-state index contributed by atoms with van der Waals surface area (Å²) in [4.78, 5) is 1.50. The smallest absolute Gasteiger partial charge is 0.102 e. The van der Waals surface area contributed by atoms with Crippen molar-refractivity contribution in [2.75, 3.05) is 5.32 Å². The number of benzene rings is 1. The average molecular weight is 268 g/mol. The lowest BCUT2D eigenvalue weighted by Crippen LogP contribution is -2.16. The molecule has 1 aliphatic carbocycles. The van der Waals surface area contributed by atoms with Crippen LogP contribution in [0.2, 0.25) is 0 Å². The minimum atomic E-state index is 0.351. The number of fused-ring (bicyclic) bond motifs is 1. The van der Waals surface area contributed by atoms with Gasteiger partial charge in [-0.15, -0.1) is 11.3 Å². The summed E-state index contributed by atoms with van der Waals surface area (Å²) in [6.07, 6.45) is 3.56. The number of nitrogens with one attached hydrogen (secondary N) is 1. The molecule has 1 aromatic heterocycles. The highest BCUT2D eigenvalue weighted by Gasteiger charge is 2.21. The first-order chi connectivity index (χ1) is 9.29. The SMILES string of the molecule is Cc1cccc(NC2CCCc3sccc32)c1C#N. The number of anilines is 1. The molecule has 2 aromatic rings. The van der Waals surface area contributed by atoms with Crippen molar-refractivity contribution in [3.63, 3.8) is 0 Å². The monoisotopic (exact) mass is 268 g/mol. The molecule has 2 nitrogen and oxygen atoms in total. The summed E-state index contributed by atoms with van der Waals surface area (Å²) in [7, 11) is 0. The van der Waals surface area contributed by atoms with Crippen molar-refractivity contribution in [3.05, 3.63) is 51.2 Å². The molecule has 0 radical (unpaired) electrons. The maximum Gasteiger partial charge on any atom is 0.102 e. The van der Waals surface area contributed by atoms with Crippen molar-refractivity contribution in [2.45, 2.75) is 32.2 Å². The van der Waals surface area contributed by atoms with Gasteiger partial charge in [-0.3, -0.25) is 0 Å². The second-order valence-electron chi connectivity index (χ2n) is 5.00. The number of hydrogen-bond donors (Lipinski definition) is 1. The Balaban J connectivity index is 1.92. The van der Waals surface area contributed by atoms with Crippen LogP contribution in [0.5, 0.6) is 0 Å². The number of nitriles is 1. The Bertz CT molecular complexity index is 636. The minimum absolute atomic E-state index is 0.351. The molecule has 0 fully saturated rings. The largest absolute Gasteiger partial charge is 0.377 e. The van der Waals surface area contributed by atoms with Gasteiger partial charge in [0.05, 0.1) is 17.3 Å². The molecule has 0 aliphatic heterocycles. The Kier molecular flexibility index (Phi) is 3.27. The molecule has 3 heteroatoms. The van der Waals surface area contributed by atoms with E-state index in [0.717, 1.165) is 23.2 Å².